The van der Waals surface area contributed by atoms with Gasteiger partial charge in [-0.2, -0.15) is 8.42 Å². The van der Waals surface area contributed by atoms with Gasteiger partial charge in [0.1, 0.15) is 11.9 Å². The Balaban J connectivity index is 2.73. The van der Waals surface area contributed by atoms with Gasteiger partial charge in [-0.15, -0.1) is 0 Å². The summed E-state index contributed by atoms with van der Waals surface area (Å²) in [6.07, 6.45) is 2.26. The zero-order valence-corrected chi connectivity index (χ0v) is 9.60. The molecule has 0 atom stereocenters. The van der Waals surface area contributed by atoms with Crippen molar-refractivity contribution in [1.82, 2.24) is 9.55 Å². The van der Waals surface area contributed by atoms with Crippen molar-refractivity contribution < 1.29 is 17.5 Å². The maximum atomic E-state index is 10.7. The Hall–Kier alpha value is -1.48. The molecule has 0 fully saturated rings. The zero-order chi connectivity index (χ0) is 12.3. The Bertz CT molecular complexity index is 492. The first kappa shape index (κ1) is 12.6. The molecule has 0 unspecified atom stereocenters. The molecule has 9 heteroatoms. The summed E-state index contributed by atoms with van der Waals surface area (Å²) in [5.74, 6) is -0.324. The van der Waals surface area contributed by atoms with Crippen LogP contribution in [0.5, 0.6) is 0 Å². The highest BCUT2D eigenvalue weighted by Crippen LogP contribution is 2.11. The molecule has 90 valence electrons. The van der Waals surface area contributed by atoms with Gasteiger partial charge in [0.2, 0.25) is 0 Å². The zero-order valence-electron chi connectivity index (χ0n) is 8.78. The third-order valence-corrected chi connectivity index (χ3v) is 2.40. The van der Waals surface area contributed by atoms with E-state index in [1.54, 1.807) is 6.92 Å². The molecule has 0 amide bonds. The number of aromatic nitrogens is 2. The SMILES string of the molecule is Cc1cnc([N+](=O)[O-])n1CCOS(C)(=O)=O. The predicted molar refractivity (Wildman–Crippen MR) is 54.4 cm³/mol. The molecule has 8 nitrogen and oxygen atoms in total. The summed E-state index contributed by atoms with van der Waals surface area (Å²) in [5.41, 5.74) is 0.573. The number of hydrogen-bond acceptors (Lipinski definition) is 6. The lowest BCUT2D eigenvalue weighted by atomic mass is 10.5. The molecular weight excluding hydrogens is 238 g/mol. The fourth-order valence-corrected chi connectivity index (χ4v) is 1.53. The summed E-state index contributed by atoms with van der Waals surface area (Å²) in [5, 5.41) is 10.6. The summed E-state index contributed by atoms with van der Waals surface area (Å²) >= 11 is 0. The fourth-order valence-electron chi connectivity index (χ4n) is 1.15. The van der Waals surface area contributed by atoms with Gasteiger partial charge in [0.05, 0.1) is 19.4 Å². The molecule has 0 saturated carbocycles. The van der Waals surface area contributed by atoms with Crippen LogP contribution in [0, 0.1) is 17.0 Å². The number of aryl methyl sites for hydroxylation is 1. The Labute approximate surface area is 92.1 Å². The third-order valence-electron chi connectivity index (χ3n) is 1.81. The van der Waals surface area contributed by atoms with E-state index in [4.69, 9.17) is 0 Å². The Morgan fingerprint density at radius 3 is 2.75 bits per heavy atom. The van der Waals surface area contributed by atoms with Gasteiger partial charge in [-0.05, 0) is 11.8 Å². The highest BCUT2D eigenvalue weighted by molar-refractivity contribution is 7.85. The minimum Gasteiger partial charge on any atom is -0.390 e. The van der Waals surface area contributed by atoms with Crippen molar-refractivity contribution >= 4 is 16.1 Å². The van der Waals surface area contributed by atoms with Crippen LogP contribution in [0.1, 0.15) is 5.69 Å². The molecule has 1 heterocycles. The third kappa shape index (κ3) is 3.28. The molecule has 0 aromatic carbocycles. The summed E-state index contributed by atoms with van der Waals surface area (Å²) in [6.45, 7) is 1.55. The second-order valence-electron chi connectivity index (χ2n) is 3.13. The smallest absolute Gasteiger partial charge is 0.390 e. The summed E-state index contributed by atoms with van der Waals surface area (Å²) in [7, 11) is -3.53. The molecule has 0 aliphatic carbocycles. The molecule has 0 aliphatic heterocycles. The summed E-state index contributed by atoms with van der Waals surface area (Å²) in [6, 6.07) is 0. The van der Waals surface area contributed by atoms with Crippen LogP contribution >= 0.6 is 0 Å². The average molecular weight is 249 g/mol. The predicted octanol–water partition coefficient (Wildman–Crippen LogP) is 0.0759. The standard InChI is InChI=1S/C7H11N3O5S/c1-6-5-8-7(10(11)12)9(6)3-4-15-16(2,13)14/h5H,3-4H2,1-2H3. The van der Waals surface area contributed by atoms with E-state index in [9.17, 15) is 18.5 Å². The molecule has 0 saturated heterocycles. The molecule has 1 rings (SSSR count). The van der Waals surface area contributed by atoms with E-state index in [2.05, 4.69) is 9.17 Å². The second-order valence-corrected chi connectivity index (χ2v) is 4.78. The molecule has 0 radical (unpaired) electrons. The van der Waals surface area contributed by atoms with E-state index in [1.807, 2.05) is 0 Å². The maximum absolute atomic E-state index is 10.7. The van der Waals surface area contributed by atoms with Gasteiger partial charge < -0.3 is 10.1 Å². The summed E-state index contributed by atoms with van der Waals surface area (Å²) < 4.78 is 27.1. The number of nitrogens with zero attached hydrogens (tertiary/aromatic N) is 3. The highest BCUT2D eigenvalue weighted by Gasteiger charge is 2.18. The van der Waals surface area contributed by atoms with Gasteiger partial charge in [0, 0.05) is 0 Å². The van der Waals surface area contributed by atoms with Gasteiger partial charge in [0.15, 0.2) is 0 Å². The quantitative estimate of drug-likeness (QED) is 0.415. The van der Waals surface area contributed by atoms with Crippen molar-refractivity contribution in [3.05, 3.63) is 22.0 Å². The van der Waals surface area contributed by atoms with E-state index in [-0.39, 0.29) is 19.1 Å². The van der Waals surface area contributed by atoms with Crippen molar-refractivity contribution in [3.8, 4) is 0 Å². The van der Waals surface area contributed by atoms with Crippen LogP contribution in [0.3, 0.4) is 0 Å². The minimum atomic E-state index is -3.53. The number of rotatable bonds is 5. The lowest BCUT2D eigenvalue weighted by Gasteiger charge is -2.03. The van der Waals surface area contributed by atoms with E-state index in [1.165, 1.54) is 10.8 Å². The van der Waals surface area contributed by atoms with Crippen LogP contribution in [0.25, 0.3) is 0 Å². The fraction of sp³-hybridized carbons (Fsp3) is 0.571. The molecule has 0 bridgehead atoms. The van der Waals surface area contributed by atoms with Crippen molar-refractivity contribution in [2.24, 2.45) is 0 Å². The monoisotopic (exact) mass is 249 g/mol. The van der Waals surface area contributed by atoms with Gasteiger partial charge in [-0.25, -0.2) is 4.57 Å². The Kier molecular flexibility index (Phi) is 3.60. The molecule has 16 heavy (non-hydrogen) atoms. The van der Waals surface area contributed by atoms with Crippen molar-refractivity contribution in [2.45, 2.75) is 13.5 Å². The van der Waals surface area contributed by atoms with E-state index >= 15 is 0 Å². The minimum absolute atomic E-state index is 0.0647. The lowest BCUT2D eigenvalue weighted by Crippen LogP contribution is -2.13. The van der Waals surface area contributed by atoms with Crippen LogP contribution in [-0.2, 0) is 20.8 Å². The normalized spacial score (nSPS) is 11.6. The largest absolute Gasteiger partial charge is 0.434 e. The highest BCUT2D eigenvalue weighted by atomic mass is 32.2. The van der Waals surface area contributed by atoms with Crippen molar-refractivity contribution in [2.75, 3.05) is 12.9 Å². The van der Waals surface area contributed by atoms with E-state index in [0.717, 1.165) is 6.26 Å². The van der Waals surface area contributed by atoms with E-state index < -0.39 is 15.0 Å². The Morgan fingerprint density at radius 1 is 1.62 bits per heavy atom. The van der Waals surface area contributed by atoms with Crippen LogP contribution in [-0.4, -0.2) is 35.8 Å². The Morgan fingerprint density at radius 2 is 2.25 bits per heavy atom. The van der Waals surface area contributed by atoms with Crippen molar-refractivity contribution in [1.29, 1.82) is 0 Å². The second kappa shape index (κ2) is 4.58. The first-order chi connectivity index (χ1) is 7.31. The molecule has 0 spiro atoms. The van der Waals surface area contributed by atoms with Crippen LogP contribution in [0.4, 0.5) is 5.95 Å². The molecule has 1 aromatic heterocycles. The summed E-state index contributed by atoms with van der Waals surface area (Å²) in [4.78, 5) is 13.5. The lowest BCUT2D eigenvalue weighted by molar-refractivity contribution is -0.396. The van der Waals surface area contributed by atoms with Gasteiger partial charge >= 0.3 is 5.95 Å². The number of nitro groups is 1. The van der Waals surface area contributed by atoms with Gasteiger partial charge in [-0.3, -0.25) is 4.18 Å². The maximum Gasteiger partial charge on any atom is 0.434 e. The number of hydrogen-bond donors (Lipinski definition) is 0. The average Bonchev–Trinajstić information content (AvgIpc) is 2.46. The van der Waals surface area contributed by atoms with Gasteiger partial charge in [0.25, 0.3) is 10.1 Å². The van der Waals surface area contributed by atoms with Crippen LogP contribution < -0.4 is 0 Å². The first-order valence-corrected chi connectivity index (χ1v) is 6.14. The number of imidazole rings is 1. The topological polar surface area (TPSA) is 104 Å². The van der Waals surface area contributed by atoms with Crippen molar-refractivity contribution in [3.63, 3.8) is 0 Å². The molecular formula is C7H11N3O5S. The molecule has 0 N–H and O–H groups in total. The van der Waals surface area contributed by atoms with Crippen LogP contribution in [0.15, 0.2) is 6.20 Å². The van der Waals surface area contributed by atoms with E-state index in [0.29, 0.717) is 5.69 Å². The molecule has 0 aliphatic rings. The molecule has 1 aromatic rings. The van der Waals surface area contributed by atoms with Crippen LogP contribution in [0.2, 0.25) is 0 Å². The first-order valence-electron chi connectivity index (χ1n) is 4.32. The van der Waals surface area contributed by atoms with Gasteiger partial charge in [-0.1, -0.05) is 4.98 Å².